The van der Waals surface area contributed by atoms with Crippen molar-refractivity contribution in [1.82, 2.24) is 0 Å². The number of carbonyl (C=O) groups is 1. The zero-order chi connectivity index (χ0) is 11.4. The first kappa shape index (κ1) is 11.6. The van der Waals surface area contributed by atoms with E-state index in [1.165, 1.54) is 0 Å². The standard InChI is InChI=1S/C11H12ClNO2/c1-7(2)10(11(14)15)13-9-5-3-4-8(12)6-9/h3-6,10,13H,1H2,2H3,(H,14,15). The molecular weight excluding hydrogens is 214 g/mol. The highest BCUT2D eigenvalue weighted by Gasteiger charge is 2.17. The molecule has 1 atom stereocenters. The topological polar surface area (TPSA) is 49.3 Å². The molecule has 3 nitrogen and oxygen atoms in total. The minimum Gasteiger partial charge on any atom is -0.479 e. The number of rotatable bonds is 4. The molecule has 15 heavy (non-hydrogen) atoms. The van der Waals surface area contributed by atoms with E-state index in [0.717, 1.165) is 0 Å². The second-order valence-electron chi connectivity index (χ2n) is 3.27. The summed E-state index contributed by atoms with van der Waals surface area (Å²) in [7, 11) is 0. The Morgan fingerprint density at radius 3 is 2.73 bits per heavy atom. The second-order valence-corrected chi connectivity index (χ2v) is 3.71. The molecule has 0 saturated heterocycles. The van der Waals surface area contributed by atoms with Gasteiger partial charge in [-0.05, 0) is 30.7 Å². The SMILES string of the molecule is C=C(C)C(Nc1cccc(Cl)c1)C(=O)O. The first-order chi connectivity index (χ1) is 7.00. The van der Waals surface area contributed by atoms with E-state index in [4.69, 9.17) is 16.7 Å². The van der Waals surface area contributed by atoms with Crippen molar-refractivity contribution in [2.75, 3.05) is 5.32 Å². The predicted molar refractivity (Wildman–Crippen MR) is 61.3 cm³/mol. The fourth-order valence-corrected chi connectivity index (χ4v) is 1.33. The molecule has 0 radical (unpaired) electrons. The van der Waals surface area contributed by atoms with Crippen LogP contribution >= 0.6 is 11.6 Å². The van der Waals surface area contributed by atoms with Crippen molar-refractivity contribution < 1.29 is 9.90 Å². The van der Waals surface area contributed by atoms with Gasteiger partial charge in [0.05, 0.1) is 0 Å². The van der Waals surface area contributed by atoms with Gasteiger partial charge in [0.15, 0.2) is 0 Å². The minimum atomic E-state index is -0.956. The maximum Gasteiger partial charge on any atom is 0.330 e. The van der Waals surface area contributed by atoms with Crippen LogP contribution in [-0.2, 0) is 4.79 Å². The van der Waals surface area contributed by atoms with Gasteiger partial charge in [-0.2, -0.15) is 0 Å². The molecule has 0 aromatic heterocycles. The van der Waals surface area contributed by atoms with Crippen LogP contribution in [0, 0.1) is 0 Å². The van der Waals surface area contributed by atoms with Crippen molar-refractivity contribution in [1.29, 1.82) is 0 Å². The maximum absolute atomic E-state index is 10.9. The first-order valence-electron chi connectivity index (χ1n) is 4.41. The third-order valence-electron chi connectivity index (χ3n) is 1.88. The van der Waals surface area contributed by atoms with E-state index in [-0.39, 0.29) is 0 Å². The van der Waals surface area contributed by atoms with Crippen LogP contribution in [0.25, 0.3) is 0 Å². The summed E-state index contributed by atoms with van der Waals surface area (Å²) >= 11 is 5.78. The van der Waals surface area contributed by atoms with Crippen LogP contribution in [0.3, 0.4) is 0 Å². The Hall–Kier alpha value is -1.48. The van der Waals surface area contributed by atoms with Crippen molar-refractivity contribution in [3.8, 4) is 0 Å². The van der Waals surface area contributed by atoms with Crippen molar-refractivity contribution >= 4 is 23.3 Å². The summed E-state index contributed by atoms with van der Waals surface area (Å²) in [5, 5.41) is 12.3. The molecule has 4 heteroatoms. The van der Waals surface area contributed by atoms with Gasteiger partial charge in [-0.25, -0.2) is 4.79 Å². The molecule has 1 aromatic rings. The number of carboxylic acids is 1. The molecule has 0 fully saturated rings. The average Bonchev–Trinajstić information content (AvgIpc) is 2.13. The summed E-state index contributed by atoms with van der Waals surface area (Å²) in [4.78, 5) is 10.9. The van der Waals surface area contributed by atoms with Gasteiger partial charge in [-0.15, -0.1) is 0 Å². The molecule has 1 unspecified atom stereocenters. The molecule has 0 aliphatic heterocycles. The van der Waals surface area contributed by atoms with Crippen molar-refractivity contribution in [2.24, 2.45) is 0 Å². The summed E-state index contributed by atoms with van der Waals surface area (Å²) in [6.07, 6.45) is 0. The number of aliphatic carboxylic acids is 1. The Labute approximate surface area is 93.4 Å². The van der Waals surface area contributed by atoms with Crippen molar-refractivity contribution in [2.45, 2.75) is 13.0 Å². The summed E-state index contributed by atoms with van der Waals surface area (Å²) in [6.45, 7) is 5.28. The highest BCUT2D eigenvalue weighted by atomic mass is 35.5. The maximum atomic E-state index is 10.9. The second kappa shape index (κ2) is 4.84. The summed E-state index contributed by atoms with van der Waals surface area (Å²) in [5.41, 5.74) is 1.21. The lowest BCUT2D eigenvalue weighted by Gasteiger charge is -2.15. The quantitative estimate of drug-likeness (QED) is 0.775. The third-order valence-corrected chi connectivity index (χ3v) is 2.11. The van der Waals surface area contributed by atoms with Gasteiger partial charge in [0, 0.05) is 10.7 Å². The van der Waals surface area contributed by atoms with Crippen LogP contribution in [0.2, 0.25) is 5.02 Å². The summed E-state index contributed by atoms with van der Waals surface area (Å²) in [6, 6.07) is 6.11. The van der Waals surface area contributed by atoms with E-state index in [1.54, 1.807) is 31.2 Å². The Kier molecular flexibility index (Phi) is 3.74. The molecule has 1 aromatic carbocycles. The van der Waals surface area contributed by atoms with Crippen molar-refractivity contribution in [3.05, 3.63) is 41.4 Å². The van der Waals surface area contributed by atoms with Crippen LogP contribution in [0.15, 0.2) is 36.4 Å². The van der Waals surface area contributed by atoms with Gasteiger partial charge in [0.2, 0.25) is 0 Å². The molecule has 0 spiro atoms. The van der Waals surface area contributed by atoms with Crippen LogP contribution in [-0.4, -0.2) is 17.1 Å². The fourth-order valence-electron chi connectivity index (χ4n) is 1.14. The highest BCUT2D eigenvalue weighted by molar-refractivity contribution is 6.30. The largest absolute Gasteiger partial charge is 0.479 e. The van der Waals surface area contributed by atoms with Gasteiger partial charge in [-0.3, -0.25) is 0 Å². The van der Waals surface area contributed by atoms with E-state index in [2.05, 4.69) is 11.9 Å². The monoisotopic (exact) mass is 225 g/mol. The number of hydrogen-bond acceptors (Lipinski definition) is 2. The Bertz CT molecular complexity index is 376. The molecule has 0 bridgehead atoms. The van der Waals surface area contributed by atoms with E-state index in [1.807, 2.05) is 0 Å². The van der Waals surface area contributed by atoms with Crippen LogP contribution in [0.1, 0.15) is 6.92 Å². The van der Waals surface area contributed by atoms with E-state index >= 15 is 0 Å². The number of halogens is 1. The van der Waals surface area contributed by atoms with E-state index < -0.39 is 12.0 Å². The molecule has 0 amide bonds. The molecular formula is C11H12ClNO2. The normalized spacial score (nSPS) is 11.9. The van der Waals surface area contributed by atoms with Gasteiger partial charge in [-0.1, -0.05) is 24.2 Å². The number of anilines is 1. The fraction of sp³-hybridized carbons (Fsp3) is 0.182. The lowest BCUT2D eigenvalue weighted by Crippen LogP contribution is -2.29. The van der Waals surface area contributed by atoms with E-state index in [9.17, 15) is 4.79 Å². The smallest absolute Gasteiger partial charge is 0.330 e. The number of benzene rings is 1. The molecule has 0 heterocycles. The Morgan fingerprint density at radius 1 is 1.60 bits per heavy atom. The van der Waals surface area contributed by atoms with Crippen molar-refractivity contribution in [3.63, 3.8) is 0 Å². The number of hydrogen-bond donors (Lipinski definition) is 2. The molecule has 0 aliphatic rings. The van der Waals surface area contributed by atoms with E-state index in [0.29, 0.717) is 16.3 Å². The molecule has 0 saturated carbocycles. The van der Waals surface area contributed by atoms with Gasteiger partial charge in [0.1, 0.15) is 6.04 Å². The molecule has 2 N–H and O–H groups in total. The Balaban J connectivity index is 2.83. The van der Waals surface area contributed by atoms with Crippen LogP contribution in [0.5, 0.6) is 0 Å². The lowest BCUT2D eigenvalue weighted by atomic mass is 10.1. The molecule has 0 aliphatic carbocycles. The minimum absolute atomic E-state index is 0.544. The first-order valence-corrected chi connectivity index (χ1v) is 4.79. The zero-order valence-corrected chi connectivity index (χ0v) is 9.08. The molecule has 1 rings (SSSR count). The van der Waals surface area contributed by atoms with Gasteiger partial charge < -0.3 is 10.4 Å². The van der Waals surface area contributed by atoms with Crippen LogP contribution < -0.4 is 5.32 Å². The molecule has 80 valence electrons. The highest BCUT2D eigenvalue weighted by Crippen LogP contribution is 2.17. The summed E-state index contributed by atoms with van der Waals surface area (Å²) in [5.74, 6) is -0.956. The lowest BCUT2D eigenvalue weighted by molar-refractivity contribution is -0.137. The summed E-state index contributed by atoms with van der Waals surface area (Å²) < 4.78 is 0. The Morgan fingerprint density at radius 2 is 2.27 bits per heavy atom. The average molecular weight is 226 g/mol. The van der Waals surface area contributed by atoms with Gasteiger partial charge in [0.25, 0.3) is 0 Å². The predicted octanol–water partition coefficient (Wildman–Crippen LogP) is 2.78. The third kappa shape index (κ3) is 3.29. The van der Waals surface area contributed by atoms with Crippen LogP contribution in [0.4, 0.5) is 5.69 Å². The number of nitrogens with one attached hydrogen (secondary N) is 1. The number of carboxylic acid groups (broad SMARTS) is 1. The zero-order valence-electron chi connectivity index (χ0n) is 8.33. The van der Waals surface area contributed by atoms with Gasteiger partial charge >= 0.3 is 5.97 Å².